The minimum Gasteiger partial charge on any atom is -0.458 e. The van der Waals surface area contributed by atoms with E-state index in [-0.39, 0.29) is 21.5 Å². The van der Waals surface area contributed by atoms with Gasteiger partial charge in [-0.15, -0.1) is 22.7 Å². The molecule has 27 heavy (non-hydrogen) atoms. The summed E-state index contributed by atoms with van der Waals surface area (Å²) in [6.45, 7) is -0.542. The number of esters is 1. The first-order valence-electron chi connectivity index (χ1n) is 7.44. The summed E-state index contributed by atoms with van der Waals surface area (Å²) in [7, 11) is -3.91. The number of hydrogen-bond donors (Lipinski definition) is 1. The van der Waals surface area contributed by atoms with Crippen molar-refractivity contribution in [3.8, 4) is 9.88 Å². The molecule has 0 amide bonds. The molecular weight excluding hydrogens is 451 g/mol. The predicted molar refractivity (Wildman–Crippen MR) is 107 cm³/mol. The van der Waals surface area contributed by atoms with E-state index in [2.05, 4.69) is 9.71 Å². The molecule has 0 fully saturated rings. The van der Waals surface area contributed by atoms with Crippen molar-refractivity contribution in [3.63, 3.8) is 0 Å². The number of benzene rings is 1. The molecule has 0 saturated carbocycles. The second-order valence-corrected chi connectivity index (χ2v) is 9.57. The highest BCUT2D eigenvalue weighted by Gasteiger charge is 2.17. The summed E-state index contributed by atoms with van der Waals surface area (Å²) in [4.78, 5) is 17.2. The highest BCUT2D eigenvalue weighted by atomic mass is 35.5. The number of hydrogen-bond acceptors (Lipinski definition) is 7. The standard InChI is InChI=1S/C16H12Cl2N2O4S3/c17-12-4-3-11(6-13(12)18)27(22,23)19-7-15(21)24-8-10-9-26-16(20-10)14-2-1-5-25-14/h1-6,9,19H,7-8H2. The zero-order valence-corrected chi connectivity index (χ0v) is 17.5. The van der Waals surface area contributed by atoms with Gasteiger partial charge in [0.25, 0.3) is 0 Å². The van der Waals surface area contributed by atoms with Crippen LogP contribution >= 0.6 is 45.9 Å². The minimum atomic E-state index is -3.91. The third kappa shape index (κ3) is 5.28. The van der Waals surface area contributed by atoms with Crippen molar-refractivity contribution in [2.24, 2.45) is 0 Å². The Balaban J connectivity index is 1.53. The van der Waals surface area contributed by atoms with Crippen LogP contribution in [0.4, 0.5) is 0 Å². The SMILES string of the molecule is O=C(CNS(=O)(=O)c1ccc(Cl)c(Cl)c1)OCc1csc(-c2cccs2)n1. The number of sulfonamides is 1. The van der Waals surface area contributed by atoms with Crippen LogP contribution in [0.25, 0.3) is 9.88 Å². The van der Waals surface area contributed by atoms with E-state index in [1.54, 1.807) is 16.7 Å². The molecule has 142 valence electrons. The molecule has 0 saturated heterocycles. The number of rotatable bonds is 7. The topological polar surface area (TPSA) is 85.4 Å². The summed E-state index contributed by atoms with van der Waals surface area (Å²) in [6, 6.07) is 7.75. The maximum absolute atomic E-state index is 12.2. The van der Waals surface area contributed by atoms with Crippen LogP contribution in [0, 0.1) is 0 Å². The number of carbonyl (C=O) groups excluding carboxylic acids is 1. The summed E-state index contributed by atoms with van der Waals surface area (Å²) < 4.78 is 31.6. The quantitative estimate of drug-likeness (QED) is 0.531. The van der Waals surface area contributed by atoms with Gasteiger partial charge in [0.15, 0.2) is 0 Å². The Labute approximate surface area is 173 Å². The molecule has 0 aliphatic carbocycles. The second kappa shape index (κ2) is 8.68. The van der Waals surface area contributed by atoms with E-state index in [4.69, 9.17) is 27.9 Å². The average molecular weight is 463 g/mol. The molecule has 0 bridgehead atoms. The largest absolute Gasteiger partial charge is 0.458 e. The summed E-state index contributed by atoms with van der Waals surface area (Å²) in [6.07, 6.45) is 0. The molecule has 11 heteroatoms. The molecule has 1 aromatic carbocycles. The Morgan fingerprint density at radius 2 is 2.00 bits per heavy atom. The lowest BCUT2D eigenvalue weighted by molar-refractivity contribution is -0.143. The zero-order valence-electron chi connectivity index (χ0n) is 13.5. The van der Waals surface area contributed by atoms with Gasteiger partial charge < -0.3 is 4.74 Å². The lowest BCUT2D eigenvalue weighted by Crippen LogP contribution is -2.30. The molecule has 2 aromatic heterocycles. The Kier molecular flexibility index (Phi) is 6.51. The Morgan fingerprint density at radius 3 is 2.70 bits per heavy atom. The number of ether oxygens (including phenoxy) is 1. The van der Waals surface area contributed by atoms with Crippen molar-refractivity contribution in [2.75, 3.05) is 6.54 Å². The molecule has 0 unspecified atom stereocenters. The Bertz CT molecular complexity index is 1050. The molecule has 0 aliphatic rings. The first kappa shape index (κ1) is 20.2. The zero-order chi connectivity index (χ0) is 19.4. The molecule has 3 rings (SSSR count). The van der Waals surface area contributed by atoms with Crippen molar-refractivity contribution >= 4 is 61.9 Å². The smallest absolute Gasteiger partial charge is 0.321 e. The fourth-order valence-electron chi connectivity index (χ4n) is 1.97. The van der Waals surface area contributed by atoms with E-state index in [0.717, 1.165) is 9.88 Å². The van der Waals surface area contributed by atoms with Crippen LogP contribution in [0.2, 0.25) is 10.0 Å². The average Bonchev–Trinajstić information content (AvgIpc) is 3.31. The number of aromatic nitrogens is 1. The van der Waals surface area contributed by atoms with Crippen LogP contribution in [0.1, 0.15) is 5.69 Å². The third-order valence-electron chi connectivity index (χ3n) is 3.27. The van der Waals surface area contributed by atoms with Gasteiger partial charge in [0.2, 0.25) is 10.0 Å². The van der Waals surface area contributed by atoms with Crippen LogP contribution < -0.4 is 4.72 Å². The van der Waals surface area contributed by atoms with Gasteiger partial charge in [-0.05, 0) is 29.6 Å². The van der Waals surface area contributed by atoms with Crippen molar-refractivity contribution in [2.45, 2.75) is 11.5 Å². The van der Waals surface area contributed by atoms with Crippen LogP contribution in [0.5, 0.6) is 0 Å². The van der Waals surface area contributed by atoms with Crippen molar-refractivity contribution < 1.29 is 17.9 Å². The van der Waals surface area contributed by atoms with Gasteiger partial charge in [-0.2, -0.15) is 4.72 Å². The summed E-state index contributed by atoms with van der Waals surface area (Å²) in [5, 5.41) is 4.93. The van der Waals surface area contributed by atoms with Gasteiger partial charge in [0.05, 0.1) is 25.5 Å². The van der Waals surface area contributed by atoms with Gasteiger partial charge in [-0.3, -0.25) is 4.79 Å². The van der Waals surface area contributed by atoms with Gasteiger partial charge in [0, 0.05) is 5.38 Å². The first-order valence-corrected chi connectivity index (χ1v) is 11.4. The van der Waals surface area contributed by atoms with E-state index in [0.29, 0.717) is 5.69 Å². The van der Waals surface area contributed by atoms with E-state index >= 15 is 0 Å². The molecule has 0 atom stereocenters. The van der Waals surface area contributed by atoms with Crippen LogP contribution in [0.15, 0.2) is 46.0 Å². The molecule has 6 nitrogen and oxygen atoms in total. The fourth-order valence-corrected chi connectivity index (χ4v) is 4.95. The second-order valence-electron chi connectivity index (χ2n) is 5.18. The predicted octanol–water partition coefficient (Wildman–Crippen LogP) is 4.20. The van der Waals surface area contributed by atoms with Gasteiger partial charge in [-0.1, -0.05) is 29.3 Å². The minimum absolute atomic E-state index is 0.0325. The summed E-state index contributed by atoms with van der Waals surface area (Å²) >= 11 is 14.6. The lowest BCUT2D eigenvalue weighted by atomic mass is 10.4. The van der Waals surface area contributed by atoms with Crippen molar-refractivity contribution in [3.05, 3.63) is 56.8 Å². The van der Waals surface area contributed by atoms with Crippen molar-refractivity contribution in [1.82, 2.24) is 9.71 Å². The maximum Gasteiger partial charge on any atom is 0.321 e. The molecule has 0 radical (unpaired) electrons. The number of nitrogens with zero attached hydrogens (tertiary/aromatic N) is 1. The molecule has 0 spiro atoms. The van der Waals surface area contributed by atoms with Crippen LogP contribution in [-0.2, 0) is 26.2 Å². The fraction of sp³-hybridized carbons (Fsp3) is 0.125. The lowest BCUT2D eigenvalue weighted by Gasteiger charge is -2.07. The number of carbonyl (C=O) groups is 1. The van der Waals surface area contributed by atoms with E-state index < -0.39 is 22.5 Å². The molecule has 0 aliphatic heterocycles. The van der Waals surface area contributed by atoms with E-state index in [1.807, 2.05) is 17.5 Å². The monoisotopic (exact) mass is 462 g/mol. The first-order chi connectivity index (χ1) is 12.8. The number of thiazole rings is 1. The van der Waals surface area contributed by atoms with Crippen LogP contribution in [0.3, 0.4) is 0 Å². The third-order valence-corrected chi connectivity index (χ3v) is 7.34. The van der Waals surface area contributed by atoms with Gasteiger partial charge in [-0.25, -0.2) is 13.4 Å². The van der Waals surface area contributed by atoms with E-state index in [9.17, 15) is 13.2 Å². The van der Waals surface area contributed by atoms with Crippen LogP contribution in [-0.4, -0.2) is 25.9 Å². The van der Waals surface area contributed by atoms with Gasteiger partial charge in [0.1, 0.15) is 18.2 Å². The highest BCUT2D eigenvalue weighted by molar-refractivity contribution is 7.89. The van der Waals surface area contributed by atoms with Gasteiger partial charge >= 0.3 is 5.97 Å². The van der Waals surface area contributed by atoms with Crippen molar-refractivity contribution in [1.29, 1.82) is 0 Å². The molecule has 3 aromatic rings. The molecule has 2 heterocycles. The molecular formula is C16H12Cl2N2O4S3. The van der Waals surface area contributed by atoms with E-state index in [1.165, 1.54) is 29.5 Å². The number of thiophene rings is 1. The molecule has 1 N–H and O–H groups in total. The maximum atomic E-state index is 12.2. The Morgan fingerprint density at radius 1 is 1.19 bits per heavy atom. The normalized spacial score (nSPS) is 11.5. The number of nitrogens with one attached hydrogen (secondary N) is 1. The number of halogens is 2. The Hall–Kier alpha value is -1.49. The summed E-state index contributed by atoms with van der Waals surface area (Å²) in [5.74, 6) is -0.718. The summed E-state index contributed by atoms with van der Waals surface area (Å²) in [5.41, 5.74) is 0.601. The highest BCUT2D eigenvalue weighted by Crippen LogP contribution is 2.28.